The molecule has 0 aliphatic carbocycles. The molecule has 6 nitrogen and oxygen atoms in total. The highest BCUT2D eigenvalue weighted by atomic mass is 16.3. The molecule has 0 aromatic heterocycles. The van der Waals surface area contributed by atoms with E-state index in [1.54, 1.807) is 0 Å². The molecule has 1 amide bonds. The first-order chi connectivity index (χ1) is 8.55. The molecule has 18 heavy (non-hydrogen) atoms. The zero-order chi connectivity index (χ0) is 13.3. The molecule has 0 saturated carbocycles. The second kappa shape index (κ2) is 4.32. The quantitative estimate of drug-likeness (QED) is 0.638. The molecule has 0 aromatic rings. The first-order valence-corrected chi connectivity index (χ1v) is 5.78. The van der Waals surface area contributed by atoms with Crippen molar-refractivity contribution >= 4 is 5.91 Å². The molecular formula is C12H14N4O2. The van der Waals surface area contributed by atoms with Gasteiger partial charge in [0.2, 0.25) is 11.8 Å². The van der Waals surface area contributed by atoms with Gasteiger partial charge in [0.1, 0.15) is 12.0 Å². The first kappa shape index (κ1) is 12.4. The predicted molar refractivity (Wildman–Crippen MR) is 61.7 cm³/mol. The highest BCUT2D eigenvalue weighted by Crippen LogP contribution is 2.47. The van der Waals surface area contributed by atoms with Gasteiger partial charge in [0.15, 0.2) is 0 Å². The van der Waals surface area contributed by atoms with Crippen LogP contribution in [0.15, 0.2) is 11.5 Å². The highest BCUT2D eigenvalue weighted by Gasteiger charge is 2.52. The Labute approximate surface area is 105 Å². The maximum Gasteiger partial charge on any atom is 0.245 e. The van der Waals surface area contributed by atoms with Gasteiger partial charge in [-0.05, 0) is 33.0 Å². The van der Waals surface area contributed by atoms with Gasteiger partial charge in [-0.25, -0.2) is 0 Å². The average Bonchev–Trinajstić information content (AvgIpc) is 2.33. The lowest BCUT2D eigenvalue weighted by Crippen LogP contribution is -2.52. The number of hydrogen-bond donors (Lipinski definition) is 2. The van der Waals surface area contributed by atoms with E-state index in [1.165, 1.54) is 0 Å². The van der Waals surface area contributed by atoms with E-state index in [2.05, 4.69) is 10.2 Å². The lowest BCUT2D eigenvalue weighted by atomic mass is 9.63. The van der Waals surface area contributed by atoms with E-state index < -0.39 is 23.1 Å². The third-order valence-corrected chi connectivity index (χ3v) is 3.91. The Kier molecular flexibility index (Phi) is 2.98. The molecule has 1 fully saturated rings. The summed E-state index contributed by atoms with van der Waals surface area (Å²) >= 11 is 0. The average molecular weight is 246 g/mol. The number of nitriles is 2. The maximum absolute atomic E-state index is 11.8. The summed E-state index contributed by atoms with van der Waals surface area (Å²) in [7, 11) is 1.95. The number of aliphatic hydroxyl groups excluding tert-OH is 1. The van der Waals surface area contributed by atoms with Gasteiger partial charge in [-0.15, -0.1) is 0 Å². The molecule has 0 unspecified atom stereocenters. The Balaban J connectivity index is 2.51. The predicted octanol–water partition coefficient (Wildman–Crippen LogP) is 0.261. The van der Waals surface area contributed by atoms with Crippen molar-refractivity contribution in [2.45, 2.75) is 12.8 Å². The van der Waals surface area contributed by atoms with E-state index in [0.29, 0.717) is 25.9 Å². The van der Waals surface area contributed by atoms with Gasteiger partial charge < -0.3 is 10.0 Å². The van der Waals surface area contributed by atoms with Crippen molar-refractivity contribution in [1.82, 2.24) is 10.2 Å². The van der Waals surface area contributed by atoms with Crippen LogP contribution in [0, 0.1) is 34.0 Å². The van der Waals surface area contributed by atoms with Crippen LogP contribution in [-0.4, -0.2) is 36.1 Å². The van der Waals surface area contributed by atoms with Crippen molar-refractivity contribution in [2.75, 3.05) is 20.1 Å². The Bertz CT molecular complexity index is 489. The van der Waals surface area contributed by atoms with Gasteiger partial charge in [-0.1, -0.05) is 0 Å². The summed E-state index contributed by atoms with van der Waals surface area (Å²) in [5.41, 5.74) is -0.690. The van der Waals surface area contributed by atoms with Crippen LogP contribution in [0.1, 0.15) is 12.8 Å². The number of allylic oxidation sites excluding steroid dienone is 1. The number of carbonyl (C=O) groups is 1. The molecule has 2 heterocycles. The van der Waals surface area contributed by atoms with Gasteiger partial charge in [0.05, 0.1) is 11.6 Å². The number of aliphatic hydroxyl groups is 1. The molecule has 1 saturated heterocycles. The van der Waals surface area contributed by atoms with Crippen LogP contribution in [0.2, 0.25) is 0 Å². The second-order valence-corrected chi connectivity index (χ2v) is 4.85. The van der Waals surface area contributed by atoms with Crippen LogP contribution in [0.25, 0.3) is 0 Å². The first-order valence-electron chi connectivity index (χ1n) is 5.78. The van der Waals surface area contributed by atoms with Gasteiger partial charge >= 0.3 is 0 Å². The van der Waals surface area contributed by atoms with Crippen molar-refractivity contribution in [2.24, 2.45) is 11.3 Å². The van der Waals surface area contributed by atoms with Crippen molar-refractivity contribution in [3.05, 3.63) is 11.5 Å². The Hall–Kier alpha value is -2.05. The number of piperidine rings is 1. The third-order valence-electron chi connectivity index (χ3n) is 3.91. The summed E-state index contributed by atoms with van der Waals surface area (Å²) in [4.78, 5) is 13.9. The topological polar surface area (TPSA) is 100 Å². The molecule has 1 atom stereocenters. The summed E-state index contributed by atoms with van der Waals surface area (Å²) in [6.07, 6.45) is 1.06. The zero-order valence-corrected chi connectivity index (χ0v) is 10.1. The Morgan fingerprint density at radius 3 is 2.56 bits per heavy atom. The van der Waals surface area contributed by atoms with E-state index >= 15 is 0 Å². The summed E-state index contributed by atoms with van der Waals surface area (Å²) in [5.74, 6) is -1.81. The molecule has 6 heteroatoms. The minimum atomic E-state index is -0.906. The van der Waals surface area contributed by atoms with Gasteiger partial charge in [-0.3, -0.25) is 10.1 Å². The fraction of sp³-hybridized carbons (Fsp3) is 0.583. The summed E-state index contributed by atoms with van der Waals surface area (Å²) in [5, 5.41) is 30.3. The molecule has 2 aliphatic heterocycles. The van der Waals surface area contributed by atoms with Gasteiger partial charge in [0, 0.05) is 5.41 Å². The van der Waals surface area contributed by atoms with Crippen LogP contribution >= 0.6 is 0 Å². The third kappa shape index (κ3) is 1.62. The Morgan fingerprint density at radius 2 is 2.06 bits per heavy atom. The second-order valence-electron chi connectivity index (χ2n) is 4.85. The summed E-state index contributed by atoms with van der Waals surface area (Å²) in [6.45, 7) is 1.40. The van der Waals surface area contributed by atoms with Crippen molar-refractivity contribution in [3.63, 3.8) is 0 Å². The number of amides is 1. The van der Waals surface area contributed by atoms with E-state index in [0.717, 1.165) is 0 Å². The normalized spacial score (nSPS) is 27.5. The standard InChI is InChI=1S/C12H14N4O2/c1-16-4-2-12(3-5-16)8(6-13)10(17)15-11(18)9(12)7-14/h8,18H,2-5H2,1H3,(H,15,17)/t8-/m0/s1. The van der Waals surface area contributed by atoms with E-state index in [1.807, 2.05) is 19.2 Å². The smallest absolute Gasteiger partial charge is 0.245 e. The van der Waals surface area contributed by atoms with Crippen LogP contribution < -0.4 is 5.32 Å². The summed E-state index contributed by atoms with van der Waals surface area (Å²) in [6, 6.07) is 3.95. The van der Waals surface area contributed by atoms with Crippen LogP contribution in [0.4, 0.5) is 0 Å². The molecule has 1 spiro atoms. The molecule has 0 bridgehead atoms. The molecule has 0 aromatic carbocycles. The number of likely N-dealkylation sites (tertiary alicyclic amines) is 1. The maximum atomic E-state index is 11.8. The molecular weight excluding hydrogens is 232 g/mol. The molecule has 0 radical (unpaired) electrons. The SMILES string of the molecule is CN1CCC2(CC1)C(C#N)=C(O)NC(=O)[C@@H]2C#N. The van der Waals surface area contributed by atoms with Crippen LogP contribution in [0.3, 0.4) is 0 Å². The summed E-state index contributed by atoms with van der Waals surface area (Å²) < 4.78 is 0. The van der Waals surface area contributed by atoms with E-state index in [-0.39, 0.29) is 5.57 Å². The zero-order valence-electron chi connectivity index (χ0n) is 10.1. The lowest BCUT2D eigenvalue weighted by Gasteiger charge is -2.44. The molecule has 2 rings (SSSR count). The highest BCUT2D eigenvalue weighted by molar-refractivity contribution is 5.86. The van der Waals surface area contributed by atoms with E-state index in [9.17, 15) is 20.4 Å². The molecule has 2 N–H and O–H groups in total. The number of rotatable bonds is 0. The van der Waals surface area contributed by atoms with Gasteiger partial charge in [-0.2, -0.15) is 10.5 Å². The van der Waals surface area contributed by atoms with Crippen molar-refractivity contribution < 1.29 is 9.90 Å². The minimum Gasteiger partial charge on any atom is -0.494 e. The minimum absolute atomic E-state index is 0.141. The lowest BCUT2D eigenvalue weighted by molar-refractivity contribution is -0.128. The largest absolute Gasteiger partial charge is 0.494 e. The van der Waals surface area contributed by atoms with Crippen molar-refractivity contribution in [1.29, 1.82) is 10.5 Å². The molecule has 94 valence electrons. The molecule has 2 aliphatic rings. The fourth-order valence-electron chi connectivity index (χ4n) is 2.79. The number of carbonyl (C=O) groups excluding carboxylic acids is 1. The van der Waals surface area contributed by atoms with Gasteiger partial charge in [0.25, 0.3) is 0 Å². The van der Waals surface area contributed by atoms with Crippen LogP contribution in [-0.2, 0) is 4.79 Å². The van der Waals surface area contributed by atoms with Crippen molar-refractivity contribution in [3.8, 4) is 12.1 Å². The number of nitrogens with one attached hydrogen (secondary N) is 1. The van der Waals surface area contributed by atoms with E-state index in [4.69, 9.17) is 0 Å². The Morgan fingerprint density at radius 1 is 1.44 bits per heavy atom. The van der Waals surface area contributed by atoms with Crippen LogP contribution in [0.5, 0.6) is 0 Å². The number of hydrogen-bond acceptors (Lipinski definition) is 5. The fourth-order valence-corrected chi connectivity index (χ4v) is 2.79. The monoisotopic (exact) mass is 246 g/mol. The number of nitrogens with zero attached hydrogens (tertiary/aromatic N) is 3.